The standard InChI is InChI=1S/C16H14BrF3N2O/c1-9-2-4-12(10(17)8-9)22-14(23)6-7-21-13-5-3-11(18)15(19)16(13)20/h2-5,8,21H,6-7H2,1H3,(H,22,23). The predicted octanol–water partition coefficient (Wildman–Crippen LogP) is 4.62. The third kappa shape index (κ3) is 4.48. The van der Waals surface area contributed by atoms with Gasteiger partial charge in [-0.25, -0.2) is 13.2 Å². The number of aryl methyl sites for hydroxylation is 1. The fourth-order valence-corrected chi connectivity index (χ4v) is 2.50. The maximum atomic E-state index is 13.4. The van der Waals surface area contributed by atoms with E-state index in [2.05, 4.69) is 26.6 Å². The molecule has 0 spiro atoms. The number of anilines is 2. The third-order valence-corrected chi connectivity index (χ3v) is 3.76. The lowest BCUT2D eigenvalue weighted by Crippen LogP contribution is -2.17. The normalized spacial score (nSPS) is 10.5. The van der Waals surface area contributed by atoms with Gasteiger partial charge in [0.25, 0.3) is 0 Å². The first-order valence-corrected chi connectivity index (χ1v) is 7.61. The van der Waals surface area contributed by atoms with Gasteiger partial charge in [0.15, 0.2) is 17.5 Å². The Morgan fingerprint density at radius 3 is 2.48 bits per heavy atom. The van der Waals surface area contributed by atoms with E-state index >= 15 is 0 Å². The summed E-state index contributed by atoms with van der Waals surface area (Å²) in [5.41, 5.74) is 1.48. The molecule has 0 heterocycles. The average molecular weight is 387 g/mol. The molecule has 7 heteroatoms. The number of carbonyl (C=O) groups excluding carboxylic acids is 1. The summed E-state index contributed by atoms with van der Waals surface area (Å²) in [6, 6.07) is 7.39. The van der Waals surface area contributed by atoms with Crippen LogP contribution in [0.1, 0.15) is 12.0 Å². The summed E-state index contributed by atoms with van der Waals surface area (Å²) in [7, 11) is 0. The first-order valence-electron chi connectivity index (χ1n) is 6.82. The third-order valence-electron chi connectivity index (χ3n) is 3.10. The van der Waals surface area contributed by atoms with Gasteiger partial charge < -0.3 is 10.6 Å². The SMILES string of the molecule is Cc1ccc(NC(=O)CCNc2ccc(F)c(F)c2F)c(Br)c1. The summed E-state index contributed by atoms with van der Waals surface area (Å²) in [5.74, 6) is -4.38. The number of halogens is 4. The van der Waals surface area contributed by atoms with Crippen LogP contribution in [-0.4, -0.2) is 12.5 Å². The summed E-state index contributed by atoms with van der Waals surface area (Å²) < 4.78 is 40.1. The van der Waals surface area contributed by atoms with Crippen molar-refractivity contribution < 1.29 is 18.0 Å². The van der Waals surface area contributed by atoms with Crippen molar-refractivity contribution in [1.82, 2.24) is 0 Å². The number of hydrogen-bond acceptors (Lipinski definition) is 2. The second-order valence-corrected chi connectivity index (χ2v) is 5.79. The quantitative estimate of drug-likeness (QED) is 0.736. The van der Waals surface area contributed by atoms with Crippen LogP contribution in [0.4, 0.5) is 24.5 Å². The minimum absolute atomic E-state index is 0.0404. The molecular formula is C16H14BrF3N2O. The van der Waals surface area contributed by atoms with Crippen LogP contribution < -0.4 is 10.6 Å². The first kappa shape index (κ1) is 17.3. The highest BCUT2D eigenvalue weighted by molar-refractivity contribution is 9.10. The first-order chi connectivity index (χ1) is 10.9. The van der Waals surface area contributed by atoms with Crippen LogP contribution in [0.5, 0.6) is 0 Å². The number of rotatable bonds is 5. The van der Waals surface area contributed by atoms with E-state index < -0.39 is 17.5 Å². The lowest BCUT2D eigenvalue weighted by molar-refractivity contribution is -0.115. The van der Waals surface area contributed by atoms with E-state index in [1.54, 1.807) is 6.07 Å². The lowest BCUT2D eigenvalue weighted by atomic mass is 10.2. The van der Waals surface area contributed by atoms with Crippen molar-refractivity contribution in [3.05, 3.63) is 57.8 Å². The van der Waals surface area contributed by atoms with E-state index in [1.807, 2.05) is 19.1 Å². The Bertz CT molecular complexity index is 738. The van der Waals surface area contributed by atoms with E-state index in [0.29, 0.717) is 5.69 Å². The molecule has 0 bridgehead atoms. The van der Waals surface area contributed by atoms with E-state index in [0.717, 1.165) is 22.2 Å². The van der Waals surface area contributed by atoms with Crippen molar-refractivity contribution in [3.63, 3.8) is 0 Å². The van der Waals surface area contributed by atoms with Crippen LogP contribution in [0, 0.1) is 24.4 Å². The molecule has 23 heavy (non-hydrogen) atoms. The zero-order valence-electron chi connectivity index (χ0n) is 12.2. The minimum atomic E-state index is -1.54. The molecular weight excluding hydrogens is 373 g/mol. The number of hydrogen-bond donors (Lipinski definition) is 2. The average Bonchev–Trinajstić information content (AvgIpc) is 2.50. The molecule has 0 aliphatic rings. The highest BCUT2D eigenvalue weighted by Crippen LogP contribution is 2.23. The highest BCUT2D eigenvalue weighted by atomic mass is 79.9. The van der Waals surface area contributed by atoms with Gasteiger partial charge in [-0.15, -0.1) is 0 Å². The Hall–Kier alpha value is -2.02. The minimum Gasteiger partial charge on any atom is -0.382 e. The van der Waals surface area contributed by atoms with Crippen molar-refractivity contribution in [2.24, 2.45) is 0 Å². The maximum absolute atomic E-state index is 13.4. The largest absolute Gasteiger partial charge is 0.382 e. The Morgan fingerprint density at radius 1 is 1.09 bits per heavy atom. The smallest absolute Gasteiger partial charge is 0.226 e. The monoisotopic (exact) mass is 386 g/mol. The van der Waals surface area contributed by atoms with Gasteiger partial charge in [-0.3, -0.25) is 4.79 Å². The van der Waals surface area contributed by atoms with Gasteiger partial charge in [0.2, 0.25) is 5.91 Å². The van der Waals surface area contributed by atoms with Crippen LogP contribution in [-0.2, 0) is 4.79 Å². The van der Waals surface area contributed by atoms with Crippen molar-refractivity contribution in [3.8, 4) is 0 Å². The van der Waals surface area contributed by atoms with Gasteiger partial charge in [-0.05, 0) is 52.7 Å². The summed E-state index contributed by atoms with van der Waals surface area (Å²) in [6.07, 6.45) is 0.0404. The molecule has 1 amide bonds. The lowest BCUT2D eigenvalue weighted by Gasteiger charge is -2.10. The van der Waals surface area contributed by atoms with Gasteiger partial charge in [0.05, 0.1) is 11.4 Å². The molecule has 2 N–H and O–H groups in total. The van der Waals surface area contributed by atoms with Gasteiger partial charge in [-0.1, -0.05) is 6.07 Å². The molecule has 0 aromatic heterocycles. The molecule has 2 rings (SSSR count). The molecule has 0 saturated heterocycles. The second kappa shape index (κ2) is 7.50. The molecule has 122 valence electrons. The number of carbonyl (C=O) groups is 1. The molecule has 0 radical (unpaired) electrons. The Balaban J connectivity index is 1.89. The fraction of sp³-hybridized carbons (Fsp3) is 0.188. The van der Waals surface area contributed by atoms with Crippen molar-refractivity contribution in [1.29, 1.82) is 0 Å². The Kier molecular flexibility index (Phi) is 5.65. The van der Waals surface area contributed by atoms with Crippen LogP contribution in [0.25, 0.3) is 0 Å². The highest BCUT2D eigenvalue weighted by Gasteiger charge is 2.13. The van der Waals surface area contributed by atoms with Crippen molar-refractivity contribution >= 4 is 33.2 Å². The molecule has 0 aliphatic heterocycles. The van der Waals surface area contributed by atoms with Gasteiger partial charge in [-0.2, -0.15) is 0 Å². The predicted molar refractivity (Wildman–Crippen MR) is 86.9 cm³/mol. The molecule has 2 aromatic carbocycles. The molecule has 0 fully saturated rings. The number of nitrogens with one attached hydrogen (secondary N) is 2. The van der Waals surface area contributed by atoms with Gasteiger partial charge in [0.1, 0.15) is 0 Å². The van der Waals surface area contributed by atoms with Gasteiger partial charge in [0, 0.05) is 17.4 Å². The summed E-state index contributed by atoms with van der Waals surface area (Å²) in [4.78, 5) is 11.8. The fourth-order valence-electron chi connectivity index (χ4n) is 1.91. The molecule has 0 unspecified atom stereocenters. The zero-order valence-corrected chi connectivity index (χ0v) is 13.8. The zero-order chi connectivity index (χ0) is 17.0. The van der Waals surface area contributed by atoms with Crippen LogP contribution in [0.2, 0.25) is 0 Å². The Labute approximate surface area is 140 Å². The van der Waals surface area contributed by atoms with Gasteiger partial charge >= 0.3 is 0 Å². The number of amides is 1. The van der Waals surface area contributed by atoms with E-state index in [1.165, 1.54) is 0 Å². The second-order valence-electron chi connectivity index (χ2n) is 4.93. The van der Waals surface area contributed by atoms with Crippen molar-refractivity contribution in [2.75, 3.05) is 17.2 Å². The molecule has 0 aliphatic carbocycles. The van der Waals surface area contributed by atoms with E-state index in [9.17, 15) is 18.0 Å². The van der Waals surface area contributed by atoms with Crippen LogP contribution >= 0.6 is 15.9 Å². The Morgan fingerprint density at radius 2 is 1.78 bits per heavy atom. The van der Waals surface area contributed by atoms with E-state index in [-0.39, 0.29) is 24.6 Å². The topological polar surface area (TPSA) is 41.1 Å². The molecule has 2 aromatic rings. The number of benzene rings is 2. The van der Waals surface area contributed by atoms with Crippen LogP contribution in [0.3, 0.4) is 0 Å². The molecule has 0 saturated carbocycles. The summed E-state index contributed by atoms with van der Waals surface area (Å²) in [5, 5.41) is 5.27. The van der Waals surface area contributed by atoms with Crippen LogP contribution in [0.15, 0.2) is 34.8 Å². The molecule has 0 atom stereocenters. The maximum Gasteiger partial charge on any atom is 0.226 e. The summed E-state index contributed by atoms with van der Waals surface area (Å²) >= 11 is 3.35. The van der Waals surface area contributed by atoms with E-state index in [4.69, 9.17) is 0 Å². The molecule has 3 nitrogen and oxygen atoms in total. The summed E-state index contributed by atoms with van der Waals surface area (Å²) in [6.45, 7) is 2.01. The van der Waals surface area contributed by atoms with Crippen molar-refractivity contribution in [2.45, 2.75) is 13.3 Å².